The smallest absolute Gasteiger partial charge is 0.244 e. The van der Waals surface area contributed by atoms with Gasteiger partial charge in [0.05, 0.1) is 6.54 Å². The van der Waals surface area contributed by atoms with Crippen LogP contribution in [-0.2, 0) is 11.4 Å². The molecule has 2 heterocycles. The van der Waals surface area contributed by atoms with Gasteiger partial charge >= 0.3 is 0 Å². The molecule has 0 bridgehead atoms. The zero-order valence-electron chi connectivity index (χ0n) is 13.0. The topological polar surface area (TPSA) is 60.3 Å². The number of nitrogens with zero attached hydrogens (tertiary/aromatic N) is 4. The number of fused-ring (bicyclic) bond motifs is 1. The lowest BCUT2D eigenvalue weighted by atomic mass is 9.84. The maximum atomic E-state index is 13.0. The summed E-state index contributed by atoms with van der Waals surface area (Å²) in [6, 6.07) is 5.82. The predicted octanol–water partition coefficient (Wildman–Crippen LogP) is 2.37. The van der Waals surface area contributed by atoms with Crippen molar-refractivity contribution in [3.8, 4) is 5.75 Å². The molecular weight excluding hydrogens is 331 g/mol. The quantitative estimate of drug-likeness (QED) is 0.849. The van der Waals surface area contributed by atoms with Gasteiger partial charge in [-0.05, 0) is 37.1 Å². The normalized spacial score (nSPS) is 17.3. The standard InChI is InChI=1S/C16H17FN4O2S/c17-12-4-6-13(7-5-12)23-10-14-18-19-16-21(14)20(8-9-24-16)15(22)11-2-1-3-11/h4-7,11H,1-3,8-10H2. The molecule has 0 atom stereocenters. The minimum atomic E-state index is -0.309. The lowest BCUT2D eigenvalue weighted by Gasteiger charge is -2.34. The minimum absolute atomic E-state index is 0.120. The van der Waals surface area contributed by atoms with Crippen molar-refractivity contribution in [2.45, 2.75) is 31.0 Å². The van der Waals surface area contributed by atoms with Crippen molar-refractivity contribution >= 4 is 17.7 Å². The number of thioether (sulfide) groups is 1. The van der Waals surface area contributed by atoms with Crippen LogP contribution >= 0.6 is 11.8 Å². The largest absolute Gasteiger partial charge is 0.486 e. The molecule has 0 N–H and O–H groups in total. The average molecular weight is 348 g/mol. The van der Waals surface area contributed by atoms with E-state index in [2.05, 4.69) is 10.2 Å². The van der Waals surface area contributed by atoms with Crippen LogP contribution in [-0.4, -0.2) is 33.1 Å². The van der Waals surface area contributed by atoms with Gasteiger partial charge in [-0.3, -0.25) is 4.79 Å². The van der Waals surface area contributed by atoms with Crippen molar-refractivity contribution in [2.75, 3.05) is 17.3 Å². The van der Waals surface area contributed by atoms with Crippen molar-refractivity contribution < 1.29 is 13.9 Å². The van der Waals surface area contributed by atoms with Crippen LogP contribution in [0.1, 0.15) is 25.1 Å². The second kappa shape index (κ2) is 6.43. The summed E-state index contributed by atoms with van der Waals surface area (Å²) in [5.74, 6) is 1.90. The van der Waals surface area contributed by atoms with E-state index in [0.717, 1.165) is 25.0 Å². The van der Waals surface area contributed by atoms with Gasteiger partial charge in [-0.25, -0.2) is 14.1 Å². The molecule has 1 aliphatic carbocycles. The van der Waals surface area contributed by atoms with E-state index in [9.17, 15) is 9.18 Å². The Hall–Kier alpha value is -2.09. The fraction of sp³-hybridized carbons (Fsp3) is 0.438. The van der Waals surface area contributed by atoms with Gasteiger partial charge in [-0.1, -0.05) is 18.2 Å². The Kier molecular flexibility index (Phi) is 4.13. The molecule has 1 saturated carbocycles. The number of carbonyl (C=O) groups excluding carboxylic acids is 1. The van der Waals surface area contributed by atoms with Crippen LogP contribution in [0, 0.1) is 11.7 Å². The highest BCUT2D eigenvalue weighted by Crippen LogP contribution is 2.31. The molecule has 1 fully saturated rings. The van der Waals surface area contributed by atoms with Gasteiger partial charge in [0.25, 0.3) is 0 Å². The highest BCUT2D eigenvalue weighted by Gasteiger charge is 2.34. The molecule has 4 rings (SSSR count). The van der Waals surface area contributed by atoms with E-state index >= 15 is 0 Å². The predicted molar refractivity (Wildman–Crippen MR) is 86.9 cm³/mol. The molecule has 1 amide bonds. The first-order chi connectivity index (χ1) is 11.7. The van der Waals surface area contributed by atoms with Gasteiger partial charge in [-0.2, -0.15) is 0 Å². The molecule has 2 aliphatic rings. The van der Waals surface area contributed by atoms with Gasteiger partial charge in [0.2, 0.25) is 11.1 Å². The zero-order chi connectivity index (χ0) is 16.5. The molecule has 8 heteroatoms. The van der Waals surface area contributed by atoms with E-state index in [1.165, 1.54) is 12.1 Å². The third-order valence-corrected chi connectivity index (χ3v) is 5.24. The number of rotatable bonds is 4. The van der Waals surface area contributed by atoms with E-state index < -0.39 is 0 Å². The Morgan fingerprint density at radius 1 is 1.29 bits per heavy atom. The summed E-state index contributed by atoms with van der Waals surface area (Å²) in [5.41, 5.74) is 0. The van der Waals surface area contributed by atoms with Crippen LogP contribution in [0.25, 0.3) is 0 Å². The fourth-order valence-electron chi connectivity index (χ4n) is 2.80. The van der Waals surface area contributed by atoms with Crippen molar-refractivity contribution in [2.24, 2.45) is 5.92 Å². The number of aromatic nitrogens is 3. The molecule has 6 nitrogen and oxygen atoms in total. The third-order valence-electron chi connectivity index (χ3n) is 4.34. The van der Waals surface area contributed by atoms with Crippen molar-refractivity contribution in [3.05, 3.63) is 35.9 Å². The number of halogens is 1. The Labute approximate surface area is 143 Å². The van der Waals surface area contributed by atoms with Crippen LogP contribution in [0.4, 0.5) is 4.39 Å². The lowest BCUT2D eigenvalue weighted by Crippen LogP contribution is -2.49. The highest BCUT2D eigenvalue weighted by atomic mass is 32.2. The van der Waals surface area contributed by atoms with E-state index in [0.29, 0.717) is 23.3 Å². The number of carbonyl (C=O) groups is 1. The minimum Gasteiger partial charge on any atom is -0.486 e. The Balaban J connectivity index is 1.53. The van der Waals surface area contributed by atoms with E-state index in [1.54, 1.807) is 33.6 Å². The molecule has 0 saturated heterocycles. The van der Waals surface area contributed by atoms with Gasteiger partial charge in [0.1, 0.15) is 18.2 Å². The van der Waals surface area contributed by atoms with E-state index in [4.69, 9.17) is 4.74 Å². The second-order valence-electron chi connectivity index (χ2n) is 5.89. The maximum Gasteiger partial charge on any atom is 0.244 e. The maximum absolute atomic E-state index is 13.0. The van der Waals surface area contributed by atoms with Gasteiger partial charge in [0.15, 0.2) is 5.82 Å². The van der Waals surface area contributed by atoms with Crippen molar-refractivity contribution in [1.82, 2.24) is 14.9 Å². The lowest BCUT2D eigenvalue weighted by molar-refractivity contribution is -0.126. The van der Waals surface area contributed by atoms with Gasteiger partial charge in [0, 0.05) is 11.7 Å². The molecule has 0 unspecified atom stereocenters. The highest BCUT2D eigenvalue weighted by molar-refractivity contribution is 7.99. The van der Waals surface area contributed by atoms with E-state index in [-0.39, 0.29) is 24.2 Å². The molecule has 1 aromatic carbocycles. The summed E-state index contributed by atoms with van der Waals surface area (Å²) in [7, 11) is 0. The molecule has 1 aliphatic heterocycles. The van der Waals surface area contributed by atoms with Crippen LogP contribution < -0.4 is 9.75 Å². The Morgan fingerprint density at radius 2 is 2.08 bits per heavy atom. The zero-order valence-corrected chi connectivity index (χ0v) is 13.8. The van der Waals surface area contributed by atoms with Crippen molar-refractivity contribution in [1.29, 1.82) is 0 Å². The summed E-state index contributed by atoms with van der Waals surface area (Å²) >= 11 is 1.58. The third kappa shape index (κ3) is 2.86. The van der Waals surface area contributed by atoms with Gasteiger partial charge in [-0.15, -0.1) is 10.2 Å². The number of benzene rings is 1. The summed E-state index contributed by atoms with van der Waals surface area (Å²) in [5, 5.41) is 10.8. The van der Waals surface area contributed by atoms with Crippen LogP contribution in [0.5, 0.6) is 5.75 Å². The molecule has 1 aromatic heterocycles. The summed E-state index contributed by atoms with van der Waals surface area (Å²) in [6.45, 7) is 0.822. The molecule has 2 aromatic rings. The molecule has 0 radical (unpaired) electrons. The summed E-state index contributed by atoms with van der Waals surface area (Å²) in [6.07, 6.45) is 3.04. The van der Waals surface area contributed by atoms with Gasteiger partial charge < -0.3 is 4.74 Å². The van der Waals surface area contributed by atoms with Crippen LogP contribution in [0.2, 0.25) is 0 Å². The SMILES string of the molecule is O=C(C1CCC1)N1CCSc2nnc(COc3ccc(F)cc3)n21. The number of hydrogen-bond donors (Lipinski definition) is 0. The molecule has 24 heavy (non-hydrogen) atoms. The first kappa shape index (κ1) is 15.4. The van der Waals surface area contributed by atoms with Crippen molar-refractivity contribution in [3.63, 3.8) is 0 Å². The number of ether oxygens (including phenoxy) is 1. The molecule has 126 valence electrons. The van der Waals surface area contributed by atoms with Crippen LogP contribution in [0.3, 0.4) is 0 Å². The molecular formula is C16H17FN4O2S. The second-order valence-corrected chi connectivity index (χ2v) is 6.95. The fourth-order valence-corrected chi connectivity index (χ4v) is 3.67. The Morgan fingerprint density at radius 3 is 2.79 bits per heavy atom. The number of amides is 1. The first-order valence-corrected chi connectivity index (χ1v) is 8.98. The van der Waals surface area contributed by atoms with E-state index in [1.807, 2.05) is 0 Å². The van der Waals surface area contributed by atoms with Crippen LogP contribution in [0.15, 0.2) is 29.4 Å². The first-order valence-electron chi connectivity index (χ1n) is 7.99. The summed E-state index contributed by atoms with van der Waals surface area (Å²) in [4.78, 5) is 12.7. The molecule has 0 spiro atoms. The summed E-state index contributed by atoms with van der Waals surface area (Å²) < 4.78 is 20.4. The Bertz CT molecular complexity index is 745. The monoisotopic (exact) mass is 348 g/mol. The average Bonchev–Trinajstić information content (AvgIpc) is 2.96. The number of hydrogen-bond acceptors (Lipinski definition) is 5.